The Kier molecular flexibility index (Phi) is 4.08. The molecule has 3 rings (SSSR count). The Balaban J connectivity index is 1.56. The Morgan fingerprint density at radius 2 is 1.68 bits per heavy atom. The predicted molar refractivity (Wildman–Crippen MR) is 84.3 cm³/mol. The molecule has 2 fully saturated rings. The van der Waals surface area contributed by atoms with Crippen LogP contribution in [0.4, 0.5) is 0 Å². The molecule has 0 bridgehead atoms. The van der Waals surface area contributed by atoms with E-state index < -0.39 is 4.33 Å². The topological polar surface area (TPSA) is 57.6 Å². The van der Waals surface area contributed by atoms with E-state index in [0.29, 0.717) is 37.9 Å². The molecule has 1 heterocycles. The Labute approximate surface area is 139 Å². The van der Waals surface area contributed by atoms with Crippen LogP contribution in [0, 0.1) is 11.8 Å². The minimum absolute atomic E-state index is 0.000493. The van der Waals surface area contributed by atoms with Crippen molar-refractivity contribution in [1.82, 2.24) is 4.90 Å². The van der Waals surface area contributed by atoms with Crippen molar-refractivity contribution in [3.05, 3.63) is 29.8 Å². The van der Waals surface area contributed by atoms with Crippen LogP contribution in [0.2, 0.25) is 0 Å². The number of hydrogen-bond acceptors (Lipinski definition) is 3. The molecule has 1 atom stereocenters. The van der Waals surface area contributed by atoms with Crippen LogP contribution in [-0.4, -0.2) is 39.1 Å². The van der Waals surface area contributed by atoms with Gasteiger partial charge in [-0.15, -0.1) is 23.2 Å². The summed E-state index contributed by atoms with van der Waals surface area (Å²) < 4.78 is -0.893. The molecule has 1 aromatic carbocycles. The van der Waals surface area contributed by atoms with Crippen molar-refractivity contribution in [3.8, 4) is 5.75 Å². The number of aromatic hydroxyl groups is 1. The lowest BCUT2D eigenvalue weighted by Gasteiger charge is -2.31. The van der Waals surface area contributed by atoms with Crippen LogP contribution in [0.25, 0.3) is 0 Å². The summed E-state index contributed by atoms with van der Waals surface area (Å²) in [6.07, 6.45) is 1.81. The summed E-state index contributed by atoms with van der Waals surface area (Å²) >= 11 is 11.9. The number of benzene rings is 1. The normalized spacial score (nSPS) is 24.1. The van der Waals surface area contributed by atoms with E-state index in [4.69, 9.17) is 23.2 Å². The molecule has 6 heteroatoms. The monoisotopic (exact) mass is 341 g/mol. The molecule has 1 unspecified atom stereocenters. The van der Waals surface area contributed by atoms with Crippen LogP contribution < -0.4 is 0 Å². The van der Waals surface area contributed by atoms with Gasteiger partial charge < -0.3 is 10.0 Å². The molecule has 1 aliphatic carbocycles. The molecule has 1 amide bonds. The zero-order valence-corrected chi connectivity index (χ0v) is 13.5. The number of phenolic OH excluding ortho intramolecular Hbond substituents is 1. The number of Topliss-reactive ketones (excluding diaryl/α,β-unsaturated/α-hetero) is 1. The molecule has 0 spiro atoms. The standard InChI is InChI=1S/C16H17Cl2NO3/c17-16(18)9-13(16)15(22)19-7-5-11(6-8-19)14(21)10-1-3-12(20)4-2-10/h1-4,11,13,20H,5-9H2. The predicted octanol–water partition coefficient (Wildman–Crippen LogP) is 3.01. The second kappa shape index (κ2) is 5.74. The maximum absolute atomic E-state index is 12.4. The molecule has 1 N–H and O–H groups in total. The largest absolute Gasteiger partial charge is 0.508 e. The summed E-state index contributed by atoms with van der Waals surface area (Å²) in [5.74, 6) is -0.153. The van der Waals surface area contributed by atoms with Gasteiger partial charge in [0.05, 0.1) is 5.92 Å². The molecule has 0 aromatic heterocycles. The highest BCUT2D eigenvalue weighted by molar-refractivity contribution is 6.52. The summed E-state index contributed by atoms with van der Waals surface area (Å²) in [5.41, 5.74) is 0.602. The molecule has 1 aromatic rings. The van der Waals surface area contributed by atoms with Gasteiger partial charge in [-0.25, -0.2) is 0 Å². The van der Waals surface area contributed by atoms with Gasteiger partial charge in [0.2, 0.25) is 5.91 Å². The second-order valence-electron chi connectivity index (χ2n) is 6.03. The van der Waals surface area contributed by atoms with Crippen molar-refractivity contribution in [2.75, 3.05) is 13.1 Å². The van der Waals surface area contributed by atoms with Crippen molar-refractivity contribution in [3.63, 3.8) is 0 Å². The molecule has 1 saturated carbocycles. The first-order valence-electron chi connectivity index (χ1n) is 7.38. The maximum Gasteiger partial charge on any atom is 0.228 e. The lowest BCUT2D eigenvalue weighted by molar-refractivity contribution is -0.133. The number of alkyl halides is 2. The van der Waals surface area contributed by atoms with Gasteiger partial charge in [0.25, 0.3) is 0 Å². The van der Waals surface area contributed by atoms with Crippen molar-refractivity contribution < 1.29 is 14.7 Å². The van der Waals surface area contributed by atoms with Crippen molar-refractivity contribution in [1.29, 1.82) is 0 Å². The summed E-state index contributed by atoms with van der Waals surface area (Å²) in [7, 11) is 0. The SMILES string of the molecule is O=C(c1ccc(O)cc1)C1CCN(C(=O)C2CC2(Cl)Cl)CC1. The van der Waals surface area contributed by atoms with E-state index in [0.717, 1.165) is 0 Å². The molecular weight excluding hydrogens is 325 g/mol. The molecule has 2 aliphatic rings. The minimum atomic E-state index is -0.893. The summed E-state index contributed by atoms with van der Waals surface area (Å²) in [5, 5.41) is 9.27. The fourth-order valence-electron chi connectivity index (χ4n) is 2.93. The number of nitrogens with zero attached hydrogens (tertiary/aromatic N) is 1. The van der Waals surface area contributed by atoms with Crippen LogP contribution in [0.15, 0.2) is 24.3 Å². The average Bonchev–Trinajstić information content (AvgIpc) is 3.15. The fraction of sp³-hybridized carbons (Fsp3) is 0.500. The summed E-state index contributed by atoms with van der Waals surface area (Å²) in [6, 6.07) is 6.29. The van der Waals surface area contributed by atoms with Crippen LogP contribution in [0.1, 0.15) is 29.6 Å². The zero-order valence-electron chi connectivity index (χ0n) is 12.0. The molecule has 118 valence electrons. The van der Waals surface area contributed by atoms with Gasteiger partial charge in [0.15, 0.2) is 5.78 Å². The van der Waals surface area contributed by atoms with Crippen LogP contribution in [0.3, 0.4) is 0 Å². The number of piperidine rings is 1. The highest BCUT2D eigenvalue weighted by Gasteiger charge is 2.57. The van der Waals surface area contributed by atoms with E-state index in [9.17, 15) is 14.7 Å². The number of hydrogen-bond donors (Lipinski definition) is 1. The van der Waals surface area contributed by atoms with Gasteiger partial charge in [-0.2, -0.15) is 0 Å². The van der Waals surface area contributed by atoms with Gasteiger partial charge in [0, 0.05) is 24.6 Å². The van der Waals surface area contributed by atoms with E-state index in [1.54, 1.807) is 17.0 Å². The molecule has 4 nitrogen and oxygen atoms in total. The summed E-state index contributed by atoms with van der Waals surface area (Å²) in [4.78, 5) is 26.4. The number of carbonyl (C=O) groups excluding carboxylic acids is 2. The number of amides is 1. The third-order valence-corrected chi connectivity index (χ3v) is 5.29. The first-order chi connectivity index (χ1) is 10.4. The molecule has 0 radical (unpaired) electrons. The maximum atomic E-state index is 12.4. The third kappa shape index (κ3) is 3.08. The molecular formula is C16H17Cl2NO3. The van der Waals surface area contributed by atoms with E-state index in [1.165, 1.54) is 12.1 Å². The van der Waals surface area contributed by atoms with Gasteiger partial charge in [-0.05, 0) is 43.5 Å². The van der Waals surface area contributed by atoms with Crippen LogP contribution >= 0.6 is 23.2 Å². The Morgan fingerprint density at radius 3 is 2.18 bits per heavy atom. The highest BCUT2D eigenvalue weighted by Crippen LogP contribution is 2.54. The minimum Gasteiger partial charge on any atom is -0.508 e. The fourth-order valence-corrected chi connectivity index (χ4v) is 3.42. The van der Waals surface area contributed by atoms with Gasteiger partial charge in [-0.3, -0.25) is 9.59 Å². The van der Waals surface area contributed by atoms with Crippen molar-refractivity contribution in [2.45, 2.75) is 23.6 Å². The third-order valence-electron chi connectivity index (χ3n) is 4.45. The van der Waals surface area contributed by atoms with Gasteiger partial charge in [0.1, 0.15) is 10.1 Å². The van der Waals surface area contributed by atoms with E-state index >= 15 is 0 Å². The van der Waals surface area contributed by atoms with Crippen LogP contribution in [-0.2, 0) is 4.79 Å². The van der Waals surface area contributed by atoms with Gasteiger partial charge in [-0.1, -0.05) is 0 Å². The number of halogens is 2. The van der Waals surface area contributed by atoms with Gasteiger partial charge >= 0.3 is 0 Å². The number of ketones is 1. The van der Waals surface area contributed by atoms with Crippen molar-refractivity contribution >= 4 is 34.9 Å². The lowest BCUT2D eigenvalue weighted by Crippen LogP contribution is -2.41. The highest BCUT2D eigenvalue weighted by atomic mass is 35.5. The van der Waals surface area contributed by atoms with Crippen molar-refractivity contribution in [2.24, 2.45) is 11.8 Å². The molecule has 22 heavy (non-hydrogen) atoms. The second-order valence-corrected chi connectivity index (χ2v) is 7.57. The number of phenols is 1. The number of carbonyl (C=O) groups is 2. The van der Waals surface area contributed by atoms with E-state index in [-0.39, 0.29) is 29.3 Å². The number of rotatable bonds is 3. The Bertz CT molecular complexity index is 592. The first-order valence-corrected chi connectivity index (χ1v) is 8.14. The lowest BCUT2D eigenvalue weighted by atomic mass is 9.88. The average molecular weight is 342 g/mol. The Hall–Kier alpha value is -1.26. The van der Waals surface area contributed by atoms with E-state index in [2.05, 4.69) is 0 Å². The summed E-state index contributed by atoms with van der Waals surface area (Å²) in [6.45, 7) is 1.13. The molecule has 1 saturated heterocycles. The number of likely N-dealkylation sites (tertiary alicyclic amines) is 1. The Morgan fingerprint density at radius 1 is 1.14 bits per heavy atom. The smallest absolute Gasteiger partial charge is 0.228 e. The zero-order chi connectivity index (χ0) is 15.9. The molecule has 1 aliphatic heterocycles. The first kappa shape index (κ1) is 15.6. The quantitative estimate of drug-likeness (QED) is 0.679. The van der Waals surface area contributed by atoms with Crippen LogP contribution in [0.5, 0.6) is 5.75 Å². The van der Waals surface area contributed by atoms with E-state index in [1.807, 2.05) is 0 Å².